The molecule has 34 heavy (non-hydrogen) atoms. The minimum Gasteiger partial charge on any atom is -0.507 e. The van der Waals surface area contributed by atoms with Gasteiger partial charge in [-0.3, -0.25) is 4.57 Å². The number of nitrogens with zero attached hydrogens (tertiary/aromatic N) is 6. The van der Waals surface area contributed by atoms with E-state index in [1.54, 1.807) is 11.9 Å². The Balaban J connectivity index is 1.37. The summed E-state index contributed by atoms with van der Waals surface area (Å²) >= 11 is 0. The molecule has 9 nitrogen and oxygen atoms in total. The Kier molecular flexibility index (Phi) is 5.72. The van der Waals surface area contributed by atoms with E-state index >= 15 is 4.39 Å². The van der Waals surface area contributed by atoms with Crippen molar-refractivity contribution < 1.29 is 13.9 Å². The van der Waals surface area contributed by atoms with E-state index in [-0.39, 0.29) is 40.5 Å². The number of phenols is 1. The number of hydrogen-bond donors (Lipinski definition) is 2. The third-order valence-corrected chi connectivity index (χ3v) is 6.76. The molecular formula is C23H25F2N7O2. The molecule has 0 amide bonds. The van der Waals surface area contributed by atoms with Gasteiger partial charge in [0.15, 0.2) is 17.5 Å². The van der Waals surface area contributed by atoms with Gasteiger partial charge in [0.2, 0.25) is 0 Å². The van der Waals surface area contributed by atoms with Gasteiger partial charge in [-0.05, 0) is 31.4 Å². The molecule has 4 atom stereocenters. The Morgan fingerprint density at radius 2 is 2.09 bits per heavy atom. The molecule has 2 fully saturated rings. The van der Waals surface area contributed by atoms with Gasteiger partial charge >= 0.3 is 5.69 Å². The first-order valence-corrected chi connectivity index (χ1v) is 11.2. The van der Waals surface area contributed by atoms with Crippen molar-refractivity contribution in [3.63, 3.8) is 0 Å². The molecule has 5 rings (SSSR count). The van der Waals surface area contributed by atoms with Gasteiger partial charge in [-0.15, -0.1) is 10.2 Å². The first-order valence-electron chi connectivity index (χ1n) is 11.2. The highest BCUT2D eigenvalue weighted by atomic mass is 19.1. The fourth-order valence-electron chi connectivity index (χ4n) is 4.86. The molecule has 2 aromatic heterocycles. The molecule has 11 heteroatoms. The predicted octanol–water partition coefficient (Wildman–Crippen LogP) is 2.20. The summed E-state index contributed by atoms with van der Waals surface area (Å²) in [4.78, 5) is 21.6. The standard InChI is InChI=1S/C23H25F2N7O2/c1-31-11-15(24)21(28-23(31)34)12-6-7-14(18(33)8-12)22-26-10-19(29-30-22)32(2)17-9-13-4-3-5-16(27-13)20(17)25/h6-8,10-11,13,16-17,20,27,33H,3-5,9H2,1-2H3/t13-,16-,17-,20+/m1/s1. The molecule has 2 aliphatic heterocycles. The molecule has 2 bridgehead atoms. The highest BCUT2D eigenvalue weighted by molar-refractivity contribution is 5.71. The summed E-state index contributed by atoms with van der Waals surface area (Å²) < 4.78 is 30.4. The van der Waals surface area contributed by atoms with Gasteiger partial charge in [0.05, 0.1) is 17.8 Å². The maximum absolute atomic E-state index is 15.0. The number of phenolic OH excluding ortho intramolecular Hbond substituents is 1. The van der Waals surface area contributed by atoms with Crippen molar-refractivity contribution in [3.8, 4) is 28.4 Å². The number of alkyl halides is 1. The molecule has 178 valence electrons. The minimum atomic E-state index is -1.01. The van der Waals surface area contributed by atoms with Crippen LogP contribution < -0.4 is 15.9 Å². The molecule has 0 saturated carbocycles. The lowest BCUT2D eigenvalue weighted by molar-refractivity contribution is 0.107. The number of rotatable bonds is 4. The lowest BCUT2D eigenvalue weighted by Crippen LogP contribution is -2.61. The summed E-state index contributed by atoms with van der Waals surface area (Å²) in [5.41, 5.74) is -0.241. The average molecular weight is 469 g/mol. The SMILES string of the molecule is CN(c1cnc(-c2ccc(-c3nc(=O)n(C)cc3F)cc2O)nn1)[C@@H]1C[C@H]2CCC[C@@H](N2)[C@@H]1F. The number of aromatic hydroxyl groups is 1. The van der Waals surface area contributed by atoms with Gasteiger partial charge < -0.3 is 15.3 Å². The normalized spacial score (nSPS) is 24.1. The second kappa shape index (κ2) is 8.71. The third-order valence-electron chi connectivity index (χ3n) is 6.76. The van der Waals surface area contributed by atoms with Crippen LogP contribution in [0.5, 0.6) is 5.75 Å². The third kappa shape index (κ3) is 4.00. The summed E-state index contributed by atoms with van der Waals surface area (Å²) in [6.45, 7) is 0. The second-order valence-electron chi connectivity index (χ2n) is 8.96. The van der Waals surface area contributed by atoms with Crippen LogP contribution in [0, 0.1) is 5.82 Å². The highest BCUT2D eigenvalue weighted by Gasteiger charge is 2.42. The van der Waals surface area contributed by atoms with Crippen LogP contribution in [0.4, 0.5) is 14.6 Å². The van der Waals surface area contributed by atoms with E-state index in [0.717, 1.165) is 30.0 Å². The molecule has 0 spiro atoms. The van der Waals surface area contributed by atoms with Gasteiger partial charge in [0.1, 0.15) is 17.6 Å². The van der Waals surface area contributed by atoms with Crippen LogP contribution in [0.3, 0.4) is 0 Å². The maximum atomic E-state index is 15.0. The molecule has 1 aromatic carbocycles. The zero-order valence-electron chi connectivity index (χ0n) is 18.8. The van der Waals surface area contributed by atoms with Crippen molar-refractivity contribution in [2.45, 2.75) is 50.0 Å². The zero-order chi connectivity index (χ0) is 24.0. The topological polar surface area (TPSA) is 109 Å². The first kappa shape index (κ1) is 22.3. The fraction of sp³-hybridized carbons (Fsp3) is 0.435. The van der Waals surface area contributed by atoms with Gasteiger partial charge in [0.25, 0.3) is 0 Å². The Morgan fingerprint density at radius 1 is 1.26 bits per heavy atom. The summed E-state index contributed by atoms with van der Waals surface area (Å²) in [5, 5.41) is 22.2. The van der Waals surface area contributed by atoms with Crippen LogP contribution in [-0.4, -0.2) is 61.2 Å². The lowest BCUT2D eigenvalue weighted by atomic mass is 9.82. The Bertz CT molecular complexity index is 1270. The highest BCUT2D eigenvalue weighted by Crippen LogP contribution is 2.33. The van der Waals surface area contributed by atoms with Crippen molar-refractivity contribution in [1.29, 1.82) is 0 Å². The number of nitrogens with one attached hydrogen (secondary N) is 1. The number of halogens is 2. The number of aromatic nitrogens is 5. The van der Waals surface area contributed by atoms with Crippen LogP contribution in [0.15, 0.2) is 35.4 Å². The molecule has 0 radical (unpaired) electrons. The van der Waals surface area contributed by atoms with Gasteiger partial charge in [0, 0.05) is 37.9 Å². The molecular weight excluding hydrogens is 444 g/mol. The molecule has 2 N–H and O–H groups in total. The molecule has 0 unspecified atom stereocenters. The zero-order valence-corrected chi connectivity index (χ0v) is 18.8. The summed E-state index contributed by atoms with van der Waals surface area (Å²) in [7, 11) is 3.19. The van der Waals surface area contributed by atoms with Gasteiger partial charge in [-0.25, -0.2) is 18.6 Å². The Labute approximate surface area is 194 Å². The van der Waals surface area contributed by atoms with E-state index < -0.39 is 17.7 Å². The quantitative estimate of drug-likeness (QED) is 0.599. The molecule has 2 aliphatic rings. The van der Waals surface area contributed by atoms with E-state index in [1.807, 2.05) is 0 Å². The lowest BCUT2D eigenvalue weighted by Gasteiger charge is -2.45. The van der Waals surface area contributed by atoms with Crippen molar-refractivity contribution in [1.82, 2.24) is 30.0 Å². The maximum Gasteiger partial charge on any atom is 0.348 e. The van der Waals surface area contributed by atoms with Crippen molar-refractivity contribution in [3.05, 3.63) is 46.9 Å². The van der Waals surface area contributed by atoms with E-state index in [0.29, 0.717) is 18.3 Å². The average Bonchev–Trinajstić information content (AvgIpc) is 2.83. The van der Waals surface area contributed by atoms with E-state index in [4.69, 9.17) is 0 Å². The van der Waals surface area contributed by atoms with Crippen LogP contribution >= 0.6 is 0 Å². The van der Waals surface area contributed by atoms with Gasteiger partial charge in [-0.1, -0.05) is 12.5 Å². The van der Waals surface area contributed by atoms with E-state index in [1.165, 1.54) is 31.4 Å². The Morgan fingerprint density at radius 3 is 2.82 bits per heavy atom. The Hall–Kier alpha value is -3.47. The number of anilines is 1. The smallest absolute Gasteiger partial charge is 0.348 e. The summed E-state index contributed by atoms with van der Waals surface area (Å²) in [6.07, 6.45) is 5.13. The predicted molar refractivity (Wildman–Crippen MR) is 122 cm³/mol. The largest absolute Gasteiger partial charge is 0.507 e. The van der Waals surface area contributed by atoms with E-state index in [2.05, 4.69) is 25.5 Å². The number of piperidine rings is 2. The van der Waals surface area contributed by atoms with Crippen molar-refractivity contribution in [2.24, 2.45) is 7.05 Å². The van der Waals surface area contributed by atoms with Crippen LogP contribution in [0.2, 0.25) is 0 Å². The monoisotopic (exact) mass is 469 g/mol. The van der Waals surface area contributed by atoms with E-state index in [9.17, 15) is 14.3 Å². The van der Waals surface area contributed by atoms with Gasteiger partial charge in [-0.2, -0.15) is 4.98 Å². The van der Waals surface area contributed by atoms with Crippen LogP contribution in [-0.2, 0) is 7.05 Å². The number of hydrogen-bond acceptors (Lipinski definition) is 8. The van der Waals surface area contributed by atoms with Crippen LogP contribution in [0.25, 0.3) is 22.6 Å². The van der Waals surface area contributed by atoms with Crippen molar-refractivity contribution >= 4 is 5.82 Å². The number of benzene rings is 1. The molecule has 3 aromatic rings. The van der Waals surface area contributed by atoms with Crippen molar-refractivity contribution in [2.75, 3.05) is 11.9 Å². The number of fused-ring (bicyclic) bond motifs is 2. The molecule has 2 saturated heterocycles. The molecule has 4 heterocycles. The summed E-state index contributed by atoms with van der Waals surface area (Å²) in [5.74, 6) is -0.290. The second-order valence-corrected chi connectivity index (χ2v) is 8.96. The van der Waals surface area contributed by atoms with Crippen LogP contribution in [0.1, 0.15) is 25.7 Å². The molecule has 0 aliphatic carbocycles. The fourth-order valence-corrected chi connectivity index (χ4v) is 4.86. The first-order chi connectivity index (χ1) is 16.3. The number of aryl methyl sites for hydroxylation is 1. The minimum absolute atomic E-state index is 0.139. The summed E-state index contributed by atoms with van der Waals surface area (Å²) in [6, 6.07) is 4.18.